The van der Waals surface area contributed by atoms with Crippen molar-refractivity contribution in [3.63, 3.8) is 0 Å². The summed E-state index contributed by atoms with van der Waals surface area (Å²) in [5.41, 5.74) is 5.97. The highest BCUT2D eigenvalue weighted by molar-refractivity contribution is 7.99. The number of nitrogens with zero attached hydrogens (tertiary/aromatic N) is 1. The van der Waals surface area contributed by atoms with Crippen LogP contribution in [0.15, 0.2) is 0 Å². The standard InChI is InChI=1S/C14H24N2O3S/c1-2-19-14(18)12-9-20-7-6-16(12)13(17)10-4-3-5-11(15)8-10/h10-12H,2-9,15H2,1H3. The summed E-state index contributed by atoms with van der Waals surface area (Å²) in [5, 5.41) is 0. The molecule has 1 saturated heterocycles. The minimum atomic E-state index is -0.417. The lowest BCUT2D eigenvalue weighted by Gasteiger charge is -2.37. The van der Waals surface area contributed by atoms with Gasteiger partial charge in [-0.05, 0) is 26.2 Å². The largest absolute Gasteiger partial charge is 0.464 e. The van der Waals surface area contributed by atoms with E-state index in [9.17, 15) is 9.59 Å². The number of hydrogen-bond donors (Lipinski definition) is 1. The molecule has 0 spiro atoms. The van der Waals surface area contributed by atoms with Gasteiger partial charge >= 0.3 is 5.97 Å². The highest BCUT2D eigenvalue weighted by Gasteiger charge is 2.37. The summed E-state index contributed by atoms with van der Waals surface area (Å²) in [6, 6.07) is -0.294. The molecule has 6 heteroatoms. The van der Waals surface area contributed by atoms with E-state index in [-0.39, 0.29) is 23.8 Å². The first-order chi connectivity index (χ1) is 9.63. The second kappa shape index (κ2) is 7.31. The van der Waals surface area contributed by atoms with Crippen molar-refractivity contribution in [3.8, 4) is 0 Å². The Hall–Kier alpha value is -0.750. The molecular formula is C14H24N2O3S. The van der Waals surface area contributed by atoms with E-state index < -0.39 is 6.04 Å². The summed E-state index contributed by atoms with van der Waals surface area (Å²) in [5.74, 6) is 1.34. The van der Waals surface area contributed by atoms with Crippen molar-refractivity contribution in [3.05, 3.63) is 0 Å². The lowest BCUT2D eigenvalue weighted by molar-refractivity contribution is -0.155. The van der Waals surface area contributed by atoms with Gasteiger partial charge in [0.15, 0.2) is 0 Å². The Bertz CT molecular complexity index is 364. The Morgan fingerprint density at radius 2 is 2.20 bits per heavy atom. The van der Waals surface area contributed by atoms with Gasteiger partial charge in [-0.2, -0.15) is 11.8 Å². The number of carbonyl (C=O) groups is 2. The second-order valence-electron chi connectivity index (χ2n) is 5.50. The fourth-order valence-corrected chi connectivity index (χ4v) is 4.02. The van der Waals surface area contributed by atoms with Crippen molar-refractivity contribution >= 4 is 23.6 Å². The molecule has 3 atom stereocenters. The monoisotopic (exact) mass is 300 g/mol. The van der Waals surface area contributed by atoms with Crippen LogP contribution < -0.4 is 5.73 Å². The number of esters is 1. The van der Waals surface area contributed by atoms with E-state index in [0.717, 1.165) is 31.4 Å². The molecule has 0 aromatic heterocycles. The first-order valence-electron chi connectivity index (χ1n) is 7.44. The van der Waals surface area contributed by atoms with Crippen LogP contribution in [0.3, 0.4) is 0 Å². The smallest absolute Gasteiger partial charge is 0.329 e. The van der Waals surface area contributed by atoms with E-state index in [0.29, 0.717) is 18.9 Å². The third-order valence-electron chi connectivity index (χ3n) is 4.03. The van der Waals surface area contributed by atoms with Gasteiger partial charge in [0.05, 0.1) is 6.61 Å². The number of rotatable bonds is 3. The van der Waals surface area contributed by atoms with E-state index in [1.807, 2.05) is 0 Å². The molecule has 2 N–H and O–H groups in total. The van der Waals surface area contributed by atoms with E-state index in [4.69, 9.17) is 10.5 Å². The van der Waals surface area contributed by atoms with Gasteiger partial charge in [0.1, 0.15) is 6.04 Å². The minimum Gasteiger partial charge on any atom is -0.464 e. The normalized spacial score (nSPS) is 30.9. The molecule has 20 heavy (non-hydrogen) atoms. The second-order valence-corrected chi connectivity index (χ2v) is 6.65. The van der Waals surface area contributed by atoms with Crippen LogP contribution in [0.4, 0.5) is 0 Å². The van der Waals surface area contributed by atoms with Crippen LogP contribution in [0.2, 0.25) is 0 Å². The lowest BCUT2D eigenvalue weighted by atomic mass is 9.85. The number of amides is 1. The van der Waals surface area contributed by atoms with Crippen LogP contribution >= 0.6 is 11.8 Å². The van der Waals surface area contributed by atoms with Gasteiger partial charge in [0.25, 0.3) is 0 Å². The molecule has 0 aromatic carbocycles. The van der Waals surface area contributed by atoms with Gasteiger partial charge in [-0.15, -0.1) is 0 Å². The molecule has 1 saturated carbocycles. The fourth-order valence-electron chi connectivity index (χ4n) is 2.99. The Morgan fingerprint density at radius 3 is 2.90 bits per heavy atom. The van der Waals surface area contributed by atoms with Gasteiger partial charge in [0, 0.05) is 30.0 Å². The zero-order chi connectivity index (χ0) is 14.5. The first kappa shape index (κ1) is 15.6. The van der Waals surface area contributed by atoms with Crippen molar-refractivity contribution in [2.75, 3.05) is 24.7 Å². The SMILES string of the molecule is CCOC(=O)C1CSCCN1C(=O)C1CCCC(N)C1. The molecule has 1 heterocycles. The number of nitrogens with two attached hydrogens (primary N) is 1. The molecule has 1 amide bonds. The van der Waals surface area contributed by atoms with Gasteiger partial charge < -0.3 is 15.4 Å². The third-order valence-corrected chi connectivity index (χ3v) is 5.06. The maximum absolute atomic E-state index is 12.7. The molecule has 114 valence electrons. The number of carbonyl (C=O) groups excluding carboxylic acids is 2. The van der Waals surface area contributed by atoms with Crippen LogP contribution in [-0.4, -0.2) is 53.5 Å². The molecule has 5 nitrogen and oxygen atoms in total. The summed E-state index contributed by atoms with van der Waals surface area (Å²) < 4.78 is 5.10. The minimum absolute atomic E-state index is 0.0150. The molecule has 0 bridgehead atoms. The van der Waals surface area contributed by atoms with Crippen LogP contribution in [0.5, 0.6) is 0 Å². The predicted octanol–water partition coefficient (Wildman–Crippen LogP) is 1.01. The number of thioether (sulfide) groups is 1. The Morgan fingerprint density at radius 1 is 1.40 bits per heavy atom. The molecule has 1 aliphatic carbocycles. The van der Waals surface area contributed by atoms with E-state index >= 15 is 0 Å². The zero-order valence-corrected chi connectivity index (χ0v) is 12.9. The van der Waals surface area contributed by atoms with Crippen molar-refractivity contribution in [2.45, 2.75) is 44.7 Å². The quantitative estimate of drug-likeness (QED) is 0.788. The molecule has 3 unspecified atom stereocenters. The average Bonchev–Trinajstić information content (AvgIpc) is 2.47. The maximum atomic E-state index is 12.7. The van der Waals surface area contributed by atoms with Gasteiger partial charge in [-0.1, -0.05) is 6.42 Å². The fraction of sp³-hybridized carbons (Fsp3) is 0.857. The number of hydrogen-bond acceptors (Lipinski definition) is 5. The molecule has 1 aliphatic heterocycles. The third kappa shape index (κ3) is 3.67. The summed E-state index contributed by atoms with van der Waals surface area (Å²) >= 11 is 1.71. The molecule has 2 rings (SSSR count). The summed E-state index contributed by atoms with van der Waals surface area (Å²) in [6.07, 6.45) is 3.65. The summed E-state index contributed by atoms with van der Waals surface area (Å²) in [6.45, 7) is 2.79. The summed E-state index contributed by atoms with van der Waals surface area (Å²) in [7, 11) is 0. The number of ether oxygens (including phenoxy) is 1. The van der Waals surface area contributed by atoms with Gasteiger partial charge in [0.2, 0.25) is 5.91 Å². The predicted molar refractivity (Wildman–Crippen MR) is 79.4 cm³/mol. The van der Waals surface area contributed by atoms with Crippen LogP contribution in [-0.2, 0) is 14.3 Å². The average molecular weight is 300 g/mol. The lowest BCUT2D eigenvalue weighted by Crippen LogP contribution is -2.53. The van der Waals surface area contributed by atoms with E-state index in [1.165, 1.54) is 0 Å². The topological polar surface area (TPSA) is 72.6 Å². The van der Waals surface area contributed by atoms with Crippen molar-refractivity contribution < 1.29 is 14.3 Å². The highest BCUT2D eigenvalue weighted by atomic mass is 32.2. The molecule has 0 radical (unpaired) electrons. The first-order valence-corrected chi connectivity index (χ1v) is 8.59. The molecule has 2 fully saturated rings. The van der Waals surface area contributed by atoms with Crippen molar-refractivity contribution in [1.82, 2.24) is 4.90 Å². The highest BCUT2D eigenvalue weighted by Crippen LogP contribution is 2.28. The molecule has 0 aromatic rings. The van der Waals surface area contributed by atoms with Crippen molar-refractivity contribution in [2.24, 2.45) is 11.7 Å². The Balaban J connectivity index is 2.03. The zero-order valence-electron chi connectivity index (χ0n) is 12.0. The van der Waals surface area contributed by atoms with Gasteiger partial charge in [-0.25, -0.2) is 4.79 Å². The Kier molecular flexibility index (Phi) is 5.72. The van der Waals surface area contributed by atoms with E-state index in [2.05, 4.69) is 0 Å². The van der Waals surface area contributed by atoms with Crippen LogP contribution in [0.25, 0.3) is 0 Å². The van der Waals surface area contributed by atoms with Crippen LogP contribution in [0.1, 0.15) is 32.6 Å². The van der Waals surface area contributed by atoms with Crippen molar-refractivity contribution in [1.29, 1.82) is 0 Å². The Labute approximate surface area is 124 Å². The van der Waals surface area contributed by atoms with Crippen LogP contribution in [0, 0.1) is 5.92 Å². The molecular weight excluding hydrogens is 276 g/mol. The summed E-state index contributed by atoms with van der Waals surface area (Å²) in [4.78, 5) is 26.4. The van der Waals surface area contributed by atoms with E-state index in [1.54, 1.807) is 23.6 Å². The molecule has 2 aliphatic rings. The maximum Gasteiger partial charge on any atom is 0.329 e. The van der Waals surface area contributed by atoms with Gasteiger partial charge in [-0.3, -0.25) is 4.79 Å².